The Balaban J connectivity index is 3.46. The van der Waals surface area contributed by atoms with Crippen molar-refractivity contribution in [2.24, 2.45) is 0 Å². The molecule has 3 N–H and O–H groups in total. The van der Waals surface area contributed by atoms with Crippen LogP contribution in [0.5, 0.6) is 0 Å². The standard InChI is InChI=1S/C61H113NO5/c1-3-5-7-9-11-13-15-17-26-31-35-39-43-47-51-55-61(66)67-56-52-48-44-40-36-32-28-25-23-21-19-20-22-24-27-30-34-38-42-46-50-54-60(65)62-58(57-63)59(64)53-49-45-41-37-33-29-18-16-14-12-10-8-6-4-2/h11,13,17,26,32,36,44,48,58-59,63-64H,3-10,12,14-16,18-25,27-31,33-35,37-43,45-47,49-57H2,1-2H3,(H,62,65)/b13-11-,26-17-,36-32-,48-44-. The molecular weight excluding hydrogens is 827 g/mol. The normalized spacial score (nSPS) is 13.0. The van der Waals surface area contributed by atoms with Gasteiger partial charge in [0.15, 0.2) is 0 Å². The third kappa shape index (κ3) is 53.0. The van der Waals surface area contributed by atoms with Crippen LogP contribution < -0.4 is 5.32 Å². The van der Waals surface area contributed by atoms with Crippen LogP contribution in [0.25, 0.3) is 0 Å². The zero-order chi connectivity index (χ0) is 48.6. The number of aliphatic hydroxyl groups is 2. The zero-order valence-corrected chi connectivity index (χ0v) is 44.6. The average Bonchev–Trinajstić information content (AvgIpc) is 3.33. The minimum absolute atomic E-state index is 0.0399. The zero-order valence-electron chi connectivity index (χ0n) is 44.6. The molecule has 0 heterocycles. The molecule has 6 heteroatoms. The van der Waals surface area contributed by atoms with Gasteiger partial charge in [0.2, 0.25) is 5.91 Å². The summed E-state index contributed by atoms with van der Waals surface area (Å²) in [6, 6.07) is -0.546. The van der Waals surface area contributed by atoms with Crippen LogP contribution in [-0.2, 0) is 14.3 Å². The van der Waals surface area contributed by atoms with Crippen molar-refractivity contribution in [1.29, 1.82) is 0 Å². The van der Waals surface area contributed by atoms with Crippen LogP contribution in [0.2, 0.25) is 0 Å². The summed E-state index contributed by atoms with van der Waals surface area (Å²) in [4.78, 5) is 24.5. The Kier molecular flexibility index (Phi) is 54.6. The Morgan fingerprint density at radius 1 is 0.418 bits per heavy atom. The largest absolute Gasteiger partial charge is 0.465 e. The van der Waals surface area contributed by atoms with Crippen LogP contribution in [0, 0.1) is 0 Å². The van der Waals surface area contributed by atoms with E-state index < -0.39 is 12.1 Å². The number of carbonyl (C=O) groups is 2. The van der Waals surface area contributed by atoms with Gasteiger partial charge in [-0.05, 0) is 77.0 Å². The third-order valence-electron chi connectivity index (χ3n) is 13.4. The molecule has 0 aromatic rings. The van der Waals surface area contributed by atoms with E-state index >= 15 is 0 Å². The van der Waals surface area contributed by atoms with Gasteiger partial charge in [0, 0.05) is 12.8 Å². The van der Waals surface area contributed by atoms with Crippen molar-refractivity contribution in [3.8, 4) is 0 Å². The Labute approximate surface area is 416 Å². The van der Waals surface area contributed by atoms with Crippen molar-refractivity contribution in [1.82, 2.24) is 5.32 Å². The van der Waals surface area contributed by atoms with Crippen LogP contribution in [0.1, 0.15) is 303 Å². The Morgan fingerprint density at radius 2 is 0.746 bits per heavy atom. The van der Waals surface area contributed by atoms with Gasteiger partial charge in [-0.15, -0.1) is 0 Å². The second-order valence-corrected chi connectivity index (χ2v) is 20.0. The number of allylic oxidation sites excluding steroid dienone is 7. The molecule has 0 aliphatic rings. The molecule has 0 aromatic carbocycles. The number of aliphatic hydroxyl groups excluding tert-OH is 2. The summed E-state index contributed by atoms with van der Waals surface area (Å²) in [5.41, 5.74) is 0. The van der Waals surface area contributed by atoms with Crippen LogP contribution in [0.4, 0.5) is 0 Å². The molecule has 0 aliphatic carbocycles. The maximum absolute atomic E-state index is 12.5. The SMILES string of the molecule is CCCCC/C=C\C/C=C\CCCCCCCC(=O)OCC/C=C\C/C=C\CCCCCCCCCCCCCCCCC(=O)NC(CO)C(O)CCCCCCCCCCCCCCCC. The fraction of sp³-hybridized carbons (Fsp3) is 0.836. The molecule has 2 unspecified atom stereocenters. The highest BCUT2D eigenvalue weighted by molar-refractivity contribution is 5.76. The predicted molar refractivity (Wildman–Crippen MR) is 292 cm³/mol. The molecule has 0 aliphatic heterocycles. The first-order valence-electron chi connectivity index (χ1n) is 29.4. The number of hydrogen-bond acceptors (Lipinski definition) is 5. The summed E-state index contributed by atoms with van der Waals surface area (Å²) < 4.78 is 5.41. The van der Waals surface area contributed by atoms with E-state index in [9.17, 15) is 19.8 Å². The first-order chi connectivity index (χ1) is 33.0. The highest BCUT2D eigenvalue weighted by Crippen LogP contribution is 2.17. The number of hydrogen-bond donors (Lipinski definition) is 3. The molecule has 0 aromatic heterocycles. The molecule has 0 saturated carbocycles. The third-order valence-corrected chi connectivity index (χ3v) is 13.4. The second-order valence-electron chi connectivity index (χ2n) is 20.0. The number of nitrogens with one attached hydrogen (secondary N) is 1. The summed E-state index contributed by atoms with van der Waals surface area (Å²) >= 11 is 0. The lowest BCUT2D eigenvalue weighted by molar-refractivity contribution is -0.143. The van der Waals surface area contributed by atoms with Gasteiger partial charge in [-0.2, -0.15) is 0 Å². The van der Waals surface area contributed by atoms with Gasteiger partial charge < -0.3 is 20.3 Å². The van der Waals surface area contributed by atoms with E-state index in [0.717, 1.165) is 64.2 Å². The fourth-order valence-electron chi connectivity index (χ4n) is 8.86. The lowest BCUT2D eigenvalue weighted by Gasteiger charge is -2.22. The van der Waals surface area contributed by atoms with Gasteiger partial charge in [0.25, 0.3) is 0 Å². The summed E-state index contributed by atoms with van der Waals surface area (Å²) in [5.74, 6) is -0.0895. The van der Waals surface area contributed by atoms with Crippen molar-refractivity contribution in [3.63, 3.8) is 0 Å². The number of esters is 1. The van der Waals surface area contributed by atoms with E-state index in [2.05, 4.69) is 67.8 Å². The minimum atomic E-state index is -0.668. The Hall–Kier alpha value is -2.18. The molecule has 1 amide bonds. The molecule has 0 bridgehead atoms. The van der Waals surface area contributed by atoms with Gasteiger partial charge in [0.1, 0.15) is 0 Å². The van der Waals surface area contributed by atoms with Crippen LogP contribution in [0.3, 0.4) is 0 Å². The first-order valence-corrected chi connectivity index (χ1v) is 29.4. The number of ether oxygens (including phenoxy) is 1. The predicted octanol–water partition coefficient (Wildman–Crippen LogP) is 18.2. The van der Waals surface area contributed by atoms with E-state index in [1.807, 2.05) is 0 Å². The van der Waals surface area contributed by atoms with E-state index in [-0.39, 0.29) is 18.5 Å². The topological polar surface area (TPSA) is 95.9 Å². The molecule has 0 radical (unpaired) electrons. The minimum Gasteiger partial charge on any atom is -0.465 e. The maximum atomic E-state index is 12.5. The van der Waals surface area contributed by atoms with E-state index in [1.54, 1.807) is 0 Å². The van der Waals surface area contributed by atoms with Crippen LogP contribution in [-0.4, -0.2) is 47.4 Å². The van der Waals surface area contributed by atoms with E-state index in [4.69, 9.17) is 4.74 Å². The molecule has 0 saturated heterocycles. The fourth-order valence-corrected chi connectivity index (χ4v) is 8.86. The van der Waals surface area contributed by atoms with E-state index in [1.165, 1.54) is 205 Å². The van der Waals surface area contributed by atoms with Gasteiger partial charge in [0.05, 0.1) is 25.4 Å². The summed E-state index contributed by atoms with van der Waals surface area (Å²) in [6.45, 7) is 4.81. The highest BCUT2D eigenvalue weighted by Gasteiger charge is 2.20. The number of rotatable bonds is 54. The van der Waals surface area contributed by atoms with Gasteiger partial charge in [-0.3, -0.25) is 9.59 Å². The van der Waals surface area contributed by atoms with Crippen molar-refractivity contribution >= 4 is 11.9 Å². The molecule has 6 nitrogen and oxygen atoms in total. The lowest BCUT2D eigenvalue weighted by atomic mass is 10.0. The summed E-state index contributed by atoms with van der Waals surface area (Å²) in [6.07, 6.45) is 71.2. The van der Waals surface area contributed by atoms with Crippen molar-refractivity contribution in [2.45, 2.75) is 315 Å². The van der Waals surface area contributed by atoms with E-state index in [0.29, 0.717) is 25.9 Å². The average molecular weight is 941 g/mol. The summed E-state index contributed by atoms with van der Waals surface area (Å²) in [7, 11) is 0. The molecule has 0 fully saturated rings. The van der Waals surface area contributed by atoms with Gasteiger partial charge in [-0.1, -0.05) is 262 Å². The lowest BCUT2D eigenvalue weighted by Crippen LogP contribution is -2.45. The molecule has 2 atom stereocenters. The monoisotopic (exact) mass is 940 g/mol. The number of carbonyl (C=O) groups excluding carboxylic acids is 2. The second kappa shape index (κ2) is 56.4. The Bertz CT molecular complexity index is 1130. The highest BCUT2D eigenvalue weighted by atomic mass is 16.5. The smallest absolute Gasteiger partial charge is 0.305 e. The van der Waals surface area contributed by atoms with Crippen molar-refractivity contribution in [3.05, 3.63) is 48.6 Å². The van der Waals surface area contributed by atoms with Crippen LogP contribution in [0.15, 0.2) is 48.6 Å². The Morgan fingerprint density at radius 3 is 1.16 bits per heavy atom. The first kappa shape index (κ1) is 64.8. The molecule has 0 spiro atoms. The molecule has 0 rings (SSSR count). The van der Waals surface area contributed by atoms with Gasteiger partial charge in [-0.25, -0.2) is 0 Å². The number of amides is 1. The molecule has 67 heavy (non-hydrogen) atoms. The quantitative estimate of drug-likeness (QED) is 0.0321. The maximum Gasteiger partial charge on any atom is 0.305 e. The van der Waals surface area contributed by atoms with Crippen molar-refractivity contribution < 1.29 is 24.5 Å². The molecule has 392 valence electrons. The van der Waals surface area contributed by atoms with Crippen molar-refractivity contribution in [2.75, 3.05) is 13.2 Å². The van der Waals surface area contributed by atoms with Crippen LogP contribution >= 0.6 is 0 Å². The van der Waals surface area contributed by atoms with Gasteiger partial charge >= 0.3 is 5.97 Å². The number of unbranched alkanes of at least 4 members (excludes halogenated alkanes) is 35. The summed E-state index contributed by atoms with van der Waals surface area (Å²) in [5, 5.41) is 23.3. The molecular formula is C61H113NO5.